The van der Waals surface area contributed by atoms with E-state index < -0.39 is 54.2 Å². The van der Waals surface area contributed by atoms with Gasteiger partial charge in [0.15, 0.2) is 18.4 Å². The second-order valence-corrected chi connectivity index (χ2v) is 9.48. The summed E-state index contributed by atoms with van der Waals surface area (Å²) in [5.74, 6) is -2.16. The van der Waals surface area contributed by atoms with E-state index in [1.807, 2.05) is 0 Å². The predicted molar refractivity (Wildman–Crippen MR) is 149 cm³/mol. The van der Waals surface area contributed by atoms with Crippen molar-refractivity contribution in [1.29, 1.82) is 0 Å². The Morgan fingerprint density at radius 1 is 0.762 bits per heavy atom. The van der Waals surface area contributed by atoms with Gasteiger partial charge in [-0.1, -0.05) is 54.6 Å². The maximum atomic E-state index is 13.2. The van der Waals surface area contributed by atoms with E-state index in [-0.39, 0.29) is 16.9 Å². The van der Waals surface area contributed by atoms with E-state index in [0.29, 0.717) is 5.56 Å². The van der Waals surface area contributed by atoms with Crippen LogP contribution in [0.4, 0.5) is 5.82 Å². The molecule has 1 aliphatic rings. The lowest BCUT2D eigenvalue weighted by Gasteiger charge is -2.27. The molecule has 1 aromatic heterocycles. The van der Waals surface area contributed by atoms with Crippen LogP contribution in [0.1, 0.15) is 44.2 Å². The molecule has 0 radical (unpaired) electrons. The van der Waals surface area contributed by atoms with E-state index in [0.717, 1.165) is 4.57 Å². The van der Waals surface area contributed by atoms with Crippen LogP contribution < -0.4 is 11.4 Å². The van der Waals surface area contributed by atoms with Crippen LogP contribution in [0.2, 0.25) is 0 Å². The van der Waals surface area contributed by atoms with Gasteiger partial charge in [0.25, 0.3) is 0 Å². The molecule has 42 heavy (non-hydrogen) atoms. The predicted octanol–water partition coefficient (Wildman–Crippen LogP) is 3.42. The molecular formula is C31H27N3O8. The first-order chi connectivity index (χ1) is 20.3. The van der Waals surface area contributed by atoms with Crippen LogP contribution in [0.5, 0.6) is 0 Å². The molecule has 3 aromatic carbocycles. The maximum Gasteiger partial charge on any atom is 0.351 e. The minimum Gasteiger partial charge on any atom is -0.456 e. The van der Waals surface area contributed by atoms with Crippen molar-refractivity contribution in [3.63, 3.8) is 0 Å². The van der Waals surface area contributed by atoms with Crippen LogP contribution in [0.25, 0.3) is 0 Å². The van der Waals surface area contributed by atoms with E-state index in [2.05, 4.69) is 4.98 Å². The van der Waals surface area contributed by atoms with Crippen LogP contribution >= 0.6 is 0 Å². The first kappa shape index (κ1) is 28.2. The second kappa shape index (κ2) is 12.5. The van der Waals surface area contributed by atoms with Gasteiger partial charge in [0, 0.05) is 6.20 Å². The Labute approximate surface area is 240 Å². The zero-order chi connectivity index (χ0) is 29.6. The molecule has 0 spiro atoms. The van der Waals surface area contributed by atoms with E-state index >= 15 is 0 Å². The third kappa shape index (κ3) is 6.21. The first-order valence-corrected chi connectivity index (χ1v) is 13.1. The number of hydrogen-bond acceptors (Lipinski definition) is 10. The summed E-state index contributed by atoms with van der Waals surface area (Å²) in [7, 11) is 0. The molecule has 0 bridgehead atoms. The molecule has 0 aliphatic carbocycles. The molecule has 0 saturated carbocycles. The highest BCUT2D eigenvalue weighted by Gasteiger charge is 2.54. The van der Waals surface area contributed by atoms with E-state index in [1.165, 1.54) is 12.3 Å². The lowest BCUT2D eigenvalue weighted by molar-refractivity contribution is -0.0889. The summed E-state index contributed by atoms with van der Waals surface area (Å²) in [5.41, 5.74) is 5.64. The number of rotatable bonds is 8. The number of hydrogen-bond donors (Lipinski definition) is 1. The van der Waals surface area contributed by atoms with E-state index in [1.54, 1.807) is 97.9 Å². The molecule has 1 saturated heterocycles. The minimum absolute atomic E-state index is 0.0270. The molecule has 5 rings (SSSR count). The van der Waals surface area contributed by atoms with Crippen LogP contribution in [-0.4, -0.2) is 51.9 Å². The average Bonchev–Trinajstić information content (AvgIpc) is 3.35. The van der Waals surface area contributed by atoms with Gasteiger partial charge in [0.05, 0.1) is 16.7 Å². The summed E-state index contributed by atoms with van der Waals surface area (Å²) < 4.78 is 24.7. The minimum atomic E-state index is -1.35. The fourth-order valence-corrected chi connectivity index (χ4v) is 4.56. The van der Waals surface area contributed by atoms with Crippen molar-refractivity contribution < 1.29 is 33.3 Å². The summed E-state index contributed by atoms with van der Waals surface area (Å²) >= 11 is 0. The molecular weight excluding hydrogens is 542 g/mol. The maximum absolute atomic E-state index is 13.2. The van der Waals surface area contributed by atoms with Crippen LogP contribution in [-0.2, 0) is 18.9 Å². The van der Waals surface area contributed by atoms with E-state index in [9.17, 15) is 19.2 Å². The Morgan fingerprint density at radius 3 is 1.74 bits per heavy atom. The number of aromatic nitrogens is 2. The van der Waals surface area contributed by atoms with Gasteiger partial charge < -0.3 is 24.7 Å². The highest BCUT2D eigenvalue weighted by atomic mass is 16.7. The van der Waals surface area contributed by atoms with Gasteiger partial charge in [-0.2, -0.15) is 4.98 Å². The second-order valence-electron chi connectivity index (χ2n) is 9.48. The van der Waals surface area contributed by atoms with Gasteiger partial charge in [0.1, 0.15) is 18.0 Å². The number of ether oxygens (including phenoxy) is 4. The fourth-order valence-electron chi connectivity index (χ4n) is 4.56. The largest absolute Gasteiger partial charge is 0.456 e. The third-order valence-corrected chi connectivity index (χ3v) is 6.62. The molecule has 11 heteroatoms. The summed E-state index contributed by atoms with van der Waals surface area (Å²) in [6, 6.07) is 26.0. The number of carbonyl (C=O) groups excluding carboxylic acids is 3. The molecule has 2 heterocycles. The van der Waals surface area contributed by atoms with Gasteiger partial charge in [-0.15, -0.1) is 0 Å². The van der Waals surface area contributed by atoms with Crippen molar-refractivity contribution in [3.05, 3.63) is 130 Å². The summed E-state index contributed by atoms with van der Waals surface area (Å²) in [4.78, 5) is 56.0. The molecule has 2 N–H and O–H groups in total. The van der Waals surface area contributed by atoms with Crippen LogP contribution in [0.15, 0.2) is 108 Å². The van der Waals surface area contributed by atoms with Crippen LogP contribution in [0, 0.1) is 0 Å². The number of nitrogen functional groups attached to an aromatic ring is 1. The van der Waals surface area contributed by atoms with Crippen molar-refractivity contribution in [2.24, 2.45) is 0 Å². The average molecular weight is 570 g/mol. The smallest absolute Gasteiger partial charge is 0.351 e. The Bertz CT molecular complexity index is 1610. The normalized spacial score (nSPS) is 20.3. The number of nitrogens with two attached hydrogens (primary N) is 1. The standard InChI is InChI=1S/C31H27N3O8/c1-19(39-28(35)20-11-5-2-6-12-20)24-25(41-29(36)21-13-7-3-8-14-21)26(42-30(37)22-15-9-4-10-16-22)27(40-24)34-18-17-23(32)33-31(34)38/h2-19,24-27H,1H3,(H2,32,33,38)/t19-,24-,25-,26-,27-/m1/s1. The van der Waals surface area contributed by atoms with Gasteiger partial charge in [0.2, 0.25) is 0 Å². The summed E-state index contributed by atoms with van der Waals surface area (Å²) in [6.45, 7) is 1.55. The quantitative estimate of drug-likeness (QED) is 0.247. The molecule has 0 amide bonds. The highest BCUT2D eigenvalue weighted by Crippen LogP contribution is 2.36. The lowest BCUT2D eigenvalue weighted by Crippen LogP contribution is -2.44. The molecule has 4 aromatic rings. The third-order valence-electron chi connectivity index (χ3n) is 6.62. The van der Waals surface area contributed by atoms with Crippen molar-refractivity contribution in [1.82, 2.24) is 9.55 Å². The first-order valence-electron chi connectivity index (χ1n) is 13.1. The topological polar surface area (TPSA) is 149 Å². The number of nitrogens with zero attached hydrogens (tertiary/aromatic N) is 2. The van der Waals surface area contributed by atoms with Crippen LogP contribution in [0.3, 0.4) is 0 Å². The van der Waals surface area contributed by atoms with Crippen molar-refractivity contribution >= 4 is 23.7 Å². The lowest BCUT2D eigenvalue weighted by atomic mass is 10.0. The fraction of sp³-hybridized carbons (Fsp3) is 0.194. The van der Waals surface area contributed by atoms with E-state index in [4.69, 9.17) is 24.7 Å². The monoisotopic (exact) mass is 569 g/mol. The van der Waals surface area contributed by atoms with Crippen molar-refractivity contribution in [2.45, 2.75) is 37.6 Å². The van der Waals surface area contributed by atoms with Gasteiger partial charge >= 0.3 is 23.6 Å². The molecule has 1 aliphatic heterocycles. The summed E-state index contributed by atoms with van der Waals surface area (Å²) in [6.07, 6.45) is -4.82. The highest BCUT2D eigenvalue weighted by molar-refractivity contribution is 5.91. The number of benzene rings is 3. The van der Waals surface area contributed by atoms with Gasteiger partial charge in [-0.25, -0.2) is 19.2 Å². The Balaban J connectivity index is 1.53. The Kier molecular flexibility index (Phi) is 8.39. The molecule has 5 atom stereocenters. The SMILES string of the molecule is C[C@@H](OC(=O)c1ccccc1)[C@H]1O[C@@H](n2ccc(N)nc2=O)[C@H](OC(=O)c2ccccc2)[C@@H]1OC(=O)c1ccccc1. The van der Waals surface area contributed by atoms with Gasteiger partial charge in [-0.3, -0.25) is 4.57 Å². The Morgan fingerprint density at radius 2 is 1.24 bits per heavy atom. The molecule has 1 fully saturated rings. The molecule has 11 nitrogen and oxygen atoms in total. The zero-order valence-corrected chi connectivity index (χ0v) is 22.4. The van der Waals surface area contributed by atoms with Crippen molar-refractivity contribution in [2.75, 3.05) is 5.73 Å². The zero-order valence-electron chi connectivity index (χ0n) is 22.4. The molecule has 0 unspecified atom stereocenters. The number of carbonyl (C=O) groups is 3. The molecule has 214 valence electrons. The van der Waals surface area contributed by atoms with Gasteiger partial charge in [-0.05, 0) is 49.4 Å². The Hall–Kier alpha value is -5.29. The summed E-state index contributed by atoms with van der Waals surface area (Å²) in [5, 5.41) is 0. The number of anilines is 1. The number of esters is 3. The van der Waals surface area contributed by atoms with Crippen molar-refractivity contribution in [3.8, 4) is 0 Å².